The third-order valence-electron chi connectivity index (χ3n) is 6.90. The van der Waals surface area contributed by atoms with Crippen LogP contribution < -0.4 is 4.90 Å². The quantitative estimate of drug-likeness (QED) is 0.362. The number of benzene rings is 3. The number of aromatic nitrogens is 2. The van der Waals surface area contributed by atoms with Gasteiger partial charge in [-0.25, -0.2) is 8.42 Å². The van der Waals surface area contributed by atoms with E-state index in [1.54, 1.807) is 29.2 Å². The first-order valence-electron chi connectivity index (χ1n) is 12.4. The fourth-order valence-electron chi connectivity index (χ4n) is 4.80. The minimum atomic E-state index is -3.66. The second-order valence-electron chi connectivity index (χ2n) is 9.17. The second-order valence-corrected chi connectivity index (χ2v) is 11.1. The van der Waals surface area contributed by atoms with Crippen LogP contribution in [-0.2, 0) is 43.0 Å². The molecule has 0 atom stereocenters. The van der Waals surface area contributed by atoms with Crippen LogP contribution in [0.3, 0.4) is 0 Å². The summed E-state index contributed by atoms with van der Waals surface area (Å²) in [4.78, 5) is 15.6. The van der Waals surface area contributed by atoms with Crippen molar-refractivity contribution in [1.29, 1.82) is 0 Å². The summed E-state index contributed by atoms with van der Waals surface area (Å²) in [7, 11) is -1.78. The predicted octanol–water partition coefficient (Wildman–Crippen LogP) is 4.58. The number of sulfonamides is 1. The summed E-state index contributed by atoms with van der Waals surface area (Å²) in [5.74, 6) is -0.137. The molecule has 0 saturated heterocycles. The van der Waals surface area contributed by atoms with Gasteiger partial charge in [-0.15, -0.1) is 0 Å². The zero-order valence-corrected chi connectivity index (χ0v) is 21.9. The van der Waals surface area contributed by atoms with E-state index in [0.717, 1.165) is 28.9 Å². The Labute approximate surface area is 218 Å². The molecule has 7 nitrogen and oxygen atoms in total. The van der Waals surface area contributed by atoms with Crippen molar-refractivity contribution in [1.82, 2.24) is 14.1 Å². The third-order valence-corrected chi connectivity index (χ3v) is 8.76. The Bertz CT molecular complexity index is 1500. The first kappa shape index (κ1) is 24.9. The first-order valence-corrected chi connectivity index (χ1v) is 13.9. The van der Waals surface area contributed by atoms with Gasteiger partial charge in [-0.3, -0.25) is 9.48 Å². The molecule has 2 heterocycles. The maximum absolute atomic E-state index is 13.6. The van der Waals surface area contributed by atoms with Crippen molar-refractivity contribution < 1.29 is 13.2 Å². The van der Waals surface area contributed by atoms with Crippen molar-refractivity contribution in [3.05, 3.63) is 113 Å². The van der Waals surface area contributed by atoms with Crippen LogP contribution in [0.1, 0.15) is 39.8 Å². The maximum atomic E-state index is 13.6. The SMILES string of the molecule is CCc1ccc(S(=O)(=O)N2CCc3c(c(CN(C(=O)c4ccccc4)c4ccccc4)nn3C)C2)cc1. The van der Waals surface area contributed by atoms with E-state index in [1.807, 2.05) is 79.3 Å². The van der Waals surface area contributed by atoms with Gasteiger partial charge in [0.05, 0.1) is 17.1 Å². The monoisotopic (exact) mass is 514 g/mol. The molecule has 1 aliphatic rings. The van der Waals surface area contributed by atoms with Gasteiger partial charge in [-0.1, -0.05) is 55.5 Å². The molecule has 1 amide bonds. The Morgan fingerprint density at radius 2 is 1.59 bits per heavy atom. The number of carbonyl (C=O) groups is 1. The fraction of sp³-hybridized carbons (Fsp3) is 0.241. The van der Waals surface area contributed by atoms with Crippen molar-refractivity contribution in [2.24, 2.45) is 7.05 Å². The molecule has 1 aliphatic heterocycles. The van der Waals surface area contributed by atoms with E-state index >= 15 is 0 Å². The molecule has 37 heavy (non-hydrogen) atoms. The number of hydrogen-bond acceptors (Lipinski definition) is 4. The van der Waals surface area contributed by atoms with Crippen LogP contribution >= 0.6 is 0 Å². The first-order chi connectivity index (χ1) is 17.9. The van der Waals surface area contributed by atoms with E-state index in [2.05, 4.69) is 0 Å². The largest absolute Gasteiger partial charge is 0.302 e. The number of anilines is 1. The zero-order chi connectivity index (χ0) is 26.0. The number of hydrogen-bond donors (Lipinski definition) is 0. The molecule has 0 bridgehead atoms. The summed E-state index contributed by atoms with van der Waals surface area (Å²) in [6, 6.07) is 25.7. The van der Waals surface area contributed by atoms with Crippen molar-refractivity contribution in [3.63, 3.8) is 0 Å². The average Bonchev–Trinajstić information content (AvgIpc) is 3.26. The van der Waals surface area contributed by atoms with Crippen molar-refractivity contribution in [3.8, 4) is 0 Å². The highest BCUT2D eigenvalue weighted by atomic mass is 32.2. The number of rotatable bonds is 7. The van der Waals surface area contributed by atoms with Gasteiger partial charge < -0.3 is 4.90 Å². The molecule has 5 rings (SSSR count). The van der Waals surface area contributed by atoms with Gasteiger partial charge in [-0.05, 0) is 48.4 Å². The van der Waals surface area contributed by atoms with E-state index in [-0.39, 0.29) is 19.0 Å². The Balaban J connectivity index is 1.47. The smallest absolute Gasteiger partial charge is 0.258 e. The molecular weight excluding hydrogens is 484 g/mol. The molecule has 0 spiro atoms. The molecule has 0 radical (unpaired) electrons. The van der Waals surface area contributed by atoms with Crippen LogP contribution in [0.4, 0.5) is 5.69 Å². The highest BCUT2D eigenvalue weighted by Crippen LogP contribution is 2.29. The van der Waals surface area contributed by atoms with Gasteiger partial charge in [0.2, 0.25) is 10.0 Å². The predicted molar refractivity (Wildman–Crippen MR) is 144 cm³/mol. The molecular formula is C29H30N4O3S. The lowest BCUT2D eigenvalue weighted by atomic mass is 10.1. The number of carbonyl (C=O) groups excluding carboxylic acids is 1. The Morgan fingerprint density at radius 1 is 0.946 bits per heavy atom. The Hall–Kier alpha value is -3.75. The summed E-state index contributed by atoms with van der Waals surface area (Å²) < 4.78 is 30.3. The third kappa shape index (κ3) is 4.95. The topological polar surface area (TPSA) is 75.5 Å². The van der Waals surface area contributed by atoms with Crippen LogP contribution in [0.2, 0.25) is 0 Å². The van der Waals surface area contributed by atoms with Crippen LogP contribution in [0, 0.1) is 0 Å². The average molecular weight is 515 g/mol. The molecule has 0 unspecified atom stereocenters. The van der Waals surface area contributed by atoms with Crippen LogP contribution in [0.25, 0.3) is 0 Å². The summed E-state index contributed by atoms with van der Waals surface area (Å²) in [6.45, 7) is 2.88. The number of amides is 1. The lowest BCUT2D eigenvalue weighted by Crippen LogP contribution is -2.37. The normalized spacial score (nSPS) is 13.8. The number of fused-ring (bicyclic) bond motifs is 1. The van der Waals surface area contributed by atoms with E-state index in [9.17, 15) is 13.2 Å². The number of para-hydroxylation sites is 1. The van der Waals surface area contributed by atoms with Crippen molar-refractivity contribution in [2.45, 2.75) is 37.8 Å². The number of nitrogens with zero attached hydrogens (tertiary/aromatic N) is 4. The van der Waals surface area contributed by atoms with Gasteiger partial charge in [0, 0.05) is 49.1 Å². The van der Waals surface area contributed by atoms with Gasteiger partial charge in [0.15, 0.2) is 0 Å². The van der Waals surface area contributed by atoms with E-state index in [1.165, 1.54) is 4.31 Å². The number of aryl methyl sites for hydroxylation is 2. The highest BCUT2D eigenvalue weighted by molar-refractivity contribution is 7.89. The molecule has 4 aromatic rings. The van der Waals surface area contributed by atoms with Crippen LogP contribution in [-0.4, -0.2) is 35.0 Å². The molecule has 0 aliphatic carbocycles. The van der Waals surface area contributed by atoms with Gasteiger partial charge in [0.25, 0.3) is 5.91 Å². The Kier molecular flexibility index (Phi) is 6.95. The summed E-state index contributed by atoms with van der Waals surface area (Å²) >= 11 is 0. The molecule has 0 N–H and O–H groups in total. The lowest BCUT2D eigenvalue weighted by molar-refractivity contribution is 0.0984. The molecule has 3 aromatic carbocycles. The fourth-order valence-corrected chi connectivity index (χ4v) is 6.21. The van der Waals surface area contributed by atoms with Gasteiger partial charge in [-0.2, -0.15) is 9.40 Å². The van der Waals surface area contributed by atoms with Crippen LogP contribution in [0.5, 0.6) is 0 Å². The van der Waals surface area contributed by atoms with E-state index in [0.29, 0.717) is 29.1 Å². The minimum absolute atomic E-state index is 0.137. The van der Waals surface area contributed by atoms with Crippen molar-refractivity contribution in [2.75, 3.05) is 11.4 Å². The van der Waals surface area contributed by atoms with Crippen molar-refractivity contribution >= 4 is 21.6 Å². The van der Waals surface area contributed by atoms with Crippen LogP contribution in [0.15, 0.2) is 89.8 Å². The highest BCUT2D eigenvalue weighted by Gasteiger charge is 2.33. The van der Waals surface area contributed by atoms with Gasteiger partial charge in [0.1, 0.15) is 0 Å². The molecule has 0 saturated carbocycles. The second kappa shape index (κ2) is 10.3. The molecule has 8 heteroatoms. The zero-order valence-electron chi connectivity index (χ0n) is 21.0. The summed E-state index contributed by atoms with van der Waals surface area (Å²) in [5, 5.41) is 4.75. The molecule has 190 valence electrons. The molecule has 1 aromatic heterocycles. The molecule has 0 fully saturated rings. The Morgan fingerprint density at radius 3 is 2.24 bits per heavy atom. The maximum Gasteiger partial charge on any atom is 0.258 e. The minimum Gasteiger partial charge on any atom is -0.302 e. The summed E-state index contributed by atoms with van der Waals surface area (Å²) in [6.07, 6.45) is 1.41. The standard InChI is InChI=1S/C29H30N4O3S/c1-3-22-14-16-25(17-15-22)37(35,36)32-19-18-28-26(20-32)27(30-31(28)2)21-33(24-12-8-5-9-13-24)29(34)23-10-6-4-7-11-23/h4-17H,3,18-21H2,1-2H3. The van der Waals surface area contributed by atoms with Gasteiger partial charge >= 0.3 is 0 Å². The van der Waals surface area contributed by atoms with E-state index in [4.69, 9.17) is 5.10 Å². The lowest BCUT2D eigenvalue weighted by Gasteiger charge is -2.28. The van der Waals surface area contributed by atoms with E-state index < -0.39 is 10.0 Å². The summed E-state index contributed by atoms with van der Waals surface area (Å²) in [5.41, 5.74) is 5.00.